The fraction of sp³-hybridized carbons (Fsp3) is 0.429. The number of para-hydroxylation sites is 1. The summed E-state index contributed by atoms with van der Waals surface area (Å²) in [6, 6.07) is 9.52. The second-order valence-corrected chi connectivity index (χ2v) is 3.98. The van der Waals surface area contributed by atoms with Gasteiger partial charge in [0.05, 0.1) is 13.2 Å². The zero-order valence-corrected chi connectivity index (χ0v) is 11.1. The molecule has 0 fully saturated rings. The Balaban J connectivity index is 2.07. The van der Waals surface area contributed by atoms with E-state index in [1.165, 1.54) is 0 Å². The lowest BCUT2D eigenvalue weighted by atomic mass is 10.3. The molecular formula is C14H20N2O3. The second kappa shape index (κ2) is 8.97. The van der Waals surface area contributed by atoms with Crippen molar-refractivity contribution in [1.82, 2.24) is 5.32 Å². The largest absolute Gasteiger partial charge is 0.466 e. The molecule has 104 valence electrons. The quantitative estimate of drug-likeness (QED) is 0.552. The molecule has 0 unspecified atom stereocenters. The van der Waals surface area contributed by atoms with Gasteiger partial charge in [-0.25, -0.2) is 0 Å². The summed E-state index contributed by atoms with van der Waals surface area (Å²) in [5.41, 5.74) is 0.907. The number of rotatable bonds is 8. The highest BCUT2D eigenvalue weighted by Crippen LogP contribution is 2.03. The molecule has 0 aliphatic rings. The number of anilines is 1. The van der Waals surface area contributed by atoms with Crippen LogP contribution in [0.3, 0.4) is 0 Å². The van der Waals surface area contributed by atoms with Crippen molar-refractivity contribution in [3.63, 3.8) is 0 Å². The van der Waals surface area contributed by atoms with Gasteiger partial charge in [0.1, 0.15) is 0 Å². The summed E-state index contributed by atoms with van der Waals surface area (Å²) >= 11 is 0. The van der Waals surface area contributed by atoms with Crippen LogP contribution < -0.4 is 10.6 Å². The maximum Gasteiger partial charge on any atom is 0.305 e. The molecule has 0 spiro atoms. The molecule has 5 heteroatoms. The highest BCUT2D eigenvalue weighted by atomic mass is 16.5. The third-order valence-electron chi connectivity index (χ3n) is 2.41. The molecule has 0 radical (unpaired) electrons. The summed E-state index contributed by atoms with van der Waals surface area (Å²) in [5, 5.41) is 5.75. The minimum Gasteiger partial charge on any atom is -0.466 e. The van der Waals surface area contributed by atoms with E-state index in [2.05, 4.69) is 10.6 Å². The van der Waals surface area contributed by atoms with Crippen molar-refractivity contribution in [2.75, 3.05) is 25.0 Å². The summed E-state index contributed by atoms with van der Waals surface area (Å²) in [6.45, 7) is 2.87. The first-order valence-electron chi connectivity index (χ1n) is 6.43. The molecule has 0 saturated heterocycles. The summed E-state index contributed by atoms with van der Waals surface area (Å²) in [7, 11) is 0. The van der Waals surface area contributed by atoms with Crippen LogP contribution in [0.2, 0.25) is 0 Å². The Morgan fingerprint density at radius 3 is 2.63 bits per heavy atom. The number of nitrogens with one attached hydrogen (secondary N) is 2. The fourth-order valence-electron chi connectivity index (χ4n) is 1.49. The Morgan fingerprint density at radius 1 is 1.21 bits per heavy atom. The van der Waals surface area contributed by atoms with Crippen molar-refractivity contribution in [3.8, 4) is 0 Å². The van der Waals surface area contributed by atoms with Crippen LogP contribution in [0, 0.1) is 0 Å². The number of amides is 1. The average molecular weight is 264 g/mol. The van der Waals surface area contributed by atoms with Crippen molar-refractivity contribution in [3.05, 3.63) is 30.3 Å². The van der Waals surface area contributed by atoms with E-state index in [0.29, 0.717) is 26.0 Å². The van der Waals surface area contributed by atoms with Gasteiger partial charge in [-0.2, -0.15) is 0 Å². The Kier molecular flexibility index (Phi) is 7.09. The predicted octanol–water partition coefficient (Wildman–Crippen LogP) is 1.56. The molecule has 0 saturated carbocycles. The molecule has 1 rings (SSSR count). The molecule has 19 heavy (non-hydrogen) atoms. The molecule has 0 aliphatic carbocycles. The van der Waals surface area contributed by atoms with Crippen LogP contribution in [-0.4, -0.2) is 31.6 Å². The number of carbonyl (C=O) groups is 2. The van der Waals surface area contributed by atoms with Gasteiger partial charge >= 0.3 is 5.97 Å². The van der Waals surface area contributed by atoms with Gasteiger partial charge in [-0.3, -0.25) is 9.59 Å². The van der Waals surface area contributed by atoms with Crippen molar-refractivity contribution >= 4 is 17.6 Å². The van der Waals surface area contributed by atoms with E-state index < -0.39 is 0 Å². The van der Waals surface area contributed by atoms with Gasteiger partial charge in [-0.1, -0.05) is 18.2 Å². The van der Waals surface area contributed by atoms with Crippen molar-refractivity contribution in [2.24, 2.45) is 0 Å². The maximum atomic E-state index is 11.5. The Bertz CT molecular complexity index is 393. The van der Waals surface area contributed by atoms with E-state index >= 15 is 0 Å². The molecule has 0 aromatic heterocycles. The van der Waals surface area contributed by atoms with Crippen molar-refractivity contribution in [2.45, 2.75) is 19.8 Å². The topological polar surface area (TPSA) is 67.4 Å². The van der Waals surface area contributed by atoms with Crippen LogP contribution in [-0.2, 0) is 14.3 Å². The summed E-state index contributed by atoms with van der Waals surface area (Å²) in [5.74, 6) is -0.313. The standard InChI is InChI=1S/C14H20N2O3/c1-2-19-14(18)9-6-10-15-13(17)11-16-12-7-4-3-5-8-12/h3-5,7-8,16H,2,6,9-11H2,1H3,(H,15,17). The molecule has 1 aromatic carbocycles. The smallest absolute Gasteiger partial charge is 0.305 e. The average Bonchev–Trinajstić information content (AvgIpc) is 2.43. The number of ether oxygens (including phenoxy) is 1. The minimum atomic E-state index is -0.223. The highest BCUT2D eigenvalue weighted by Gasteiger charge is 2.03. The van der Waals surface area contributed by atoms with Gasteiger partial charge < -0.3 is 15.4 Å². The molecule has 0 atom stereocenters. The fourth-order valence-corrected chi connectivity index (χ4v) is 1.49. The molecular weight excluding hydrogens is 244 g/mol. The zero-order chi connectivity index (χ0) is 13.9. The molecule has 2 N–H and O–H groups in total. The van der Waals surface area contributed by atoms with E-state index in [0.717, 1.165) is 5.69 Å². The highest BCUT2D eigenvalue weighted by molar-refractivity contribution is 5.80. The predicted molar refractivity (Wildman–Crippen MR) is 73.8 cm³/mol. The van der Waals surface area contributed by atoms with Crippen molar-refractivity contribution < 1.29 is 14.3 Å². The van der Waals surface area contributed by atoms with Crippen molar-refractivity contribution in [1.29, 1.82) is 0 Å². The number of esters is 1. The molecule has 0 aliphatic heterocycles. The molecule has 1 aromatic rings. The molecule has 0 heterocycles. The van der Waals surface area contributed by atoms with Crippen LogP contribution in [0.25, 0.3) is 0 Å². The summed E-state index contributed by atoms with van der Waals surface area (Å²) in [6.07, 6.45) is 0.927. The Hall–Kier alpha value is -2.04. The van der Waals surface area contributed by atoms with Crippen LogP contribution in [0.15, 0.2) is 30.3 Å². The second-order valence-electron chi connectivity index (χ2n) is 3.98. The van der Waals surface area contributed by atoms with Gasteiger partial charge in [-0.05, 0) is 25.5 Å². The Labute approximate surface area is 113 Å². The monoisotopic (exact) mass is 264 g/mol. The first kappa shape index (κ1) is 15.0. The van der Waals surface area contributed by atoms with E-state index in [9.17, 15) is 9.59 Å². The van der Waals surface area contributed by atoms with E-state index in [-0.39, 0.29) is 18.4 Å². The van der Waals surface area contributed by atoms with Gasteiger partial charge in [0.2, 0.25) is 5.91 Å². The first-order valence-corrected chi connectivity index (χ1v) is 6.43. The molecule has 5 nitrogen and oxygen atoms in total. The molecule has 0 bridgehead atoms. The first-order chi connectivity index (χ1) is 9.22. The number of hydrogen-bond acceptors (Lipinski definition) is 4. The van der Waals surface area contributed by atoms with Crippen LogP contribution >= 0.6 is 0 Å². The van der Waals surface area contributed by atoms with E-state index in [1.807, 2.05) is 30.3 Å². The lowest BCUT2D eigenvalue weighted by Gasteiger charge is -2.07. The van der Waals surface area contributed by atoms with Crippen LogP contribution in [0.5, 0.6) is 0 Å². The Morgan fingerprint density at radius 2 is 1.95 bits per heavy atom. The zero-order valence-electron chi connectivity index (χ0n) is 11.1. The number of benzene rings is 1. The lowest BCUT2D eigenvalue weighted by Crippen LogP contribution is -2.30. The minimum absolute atomic E-state index is 0.0901. The number of carbonyl (C=O) groups excluding carboxylic acids is 2. The summed E-state index contributed by atoms with van der Waals surface area (Å²) < 4.78 is 4.79. The van der Waals surface area contributed by atoms with Gasteiger partial charge in [0.15, 0.2) is 0 Å². The maximum absolute atomic E-state index is 11.5. The van der Waals surface area contributed by atoms with Gasteiger partial charge in [0.25, 0.3) is 0 Å². The third-order valence-corrected chi connectivity index (χ3v) is 2.41. The normalized spacial score (nSPS) is 9.74. The number of hydrogen-bond donors (Lipinski definition) is 2. The lowest BCUT2D eigenvalue weighted by molar-refractivity contribution is -0.143. The van der Waals surface area contributed by atoms with E-state index in [1.54, 1.807) is 6.92 Å². The van der Waals surface area contributed by atoms with E-state index in [4.69, 9.17) is 4.74 Å². The van der Waals surface area contributed by atoms with Crippen LogP contribution in [0.4, 0.5) is 5.69 Å². The summed E-state index contributed by atoms with van der Waals surface area (Å²) in [4.78, 5) is 22.5. The van der Waals surface area contributed by atoms with Gasteiger partial charge in [0, 0.05) is 18.7 Å². The third kappa shape index (κ3) is 7.08. The van der Waals surface area contributed by atoms with Gasteiger partial charge in [-0.15, -0.1) is 0 Å². The van der Waals surface area contributed by atoms with Crippen LogP contribution in [0.1, 0.15) is 19.8 Å². The SMILES string of the molecule is CCOC(=O)CCCNC(=O)CNc1ccccc1. The molecule has 1 amide bonds.